The van der Waals surface area contributed by atoms with Crippen molar-refractivity contribution in [1.82, 2.24) is 0 Å². The zero-order chi connectivity index (χ0) is 13.3. The molecular formula is C16H24O2. The van der Waals surface area contributed by atoms with Crippen LogP contribution in [0.5, 0.6) is 0 Å². The lowest BCUT2D eigenvalue weighted by Crippen LogP contribution is -2.32. The Hall–Kier alpha value is -1.05. The van der Waals surface area contributed by atoms with Gasteiger partial charge in [0.25, 0.3) is 0 Å². The van der Waals surface area contributed by atoms with Gasteiger partial charge in [0, 0.05) is 11.5 Å². The van der Waals surface area contributed by atoms with Gasteiger partial charge in [0.1, 0.15) is 0 Å². The molecule has 2 aliphatic carbocycles. The third-order valence-electron chi connectivity index (χ3n) is 4.71. The number of hydrogen-bond acceptors (Lipinski definition) is 2. The smallest absolute Gasteiger partial charge is 0.333 e. The molecule has 0 N–H and O–H groups in total. The molecule has 0 bridgehead atoms. The summed E-state index contributed by atoms with van der Waals surface area (Å²) in [6.07, 6.45) is 7.17. The maximum atomic E-state index is 11.7. The van der Waals surface area contributed by atoms with E-state index < -0.39 is 0 Å². The van der Waals surface area contributed by atoms with Crippen LogP contribution in [0.25, 0.3) is 0 Å². The van der Waals surface area contributed by atoms with Crippen LogP contribution in [0.15, 0.2) is 23.8 Å². The van der Waals surface area contributed by atoms with Crippen molar-refractivity contribution in [3.05, 3.63) is 23.8 Å². The van der Waals surface area contributed by atoms with Gasteiger partial charge in [0.15, 0.2) is 0 Å². The normalized spacial score (nSPS) is 35.4. The van der Waals surface area contributed by atoms with E-state index >= 15 is 0 Å². The van der Waals surface area contributed by atoms with Gasteiger partial charge < -0.3 is 4.74 Å². The molecule has 0 aliphatic heterocycles. The second-order valence-electron chi connectivity index (χ2n) is 5.95. The monoisotopic (exact) mass is 248 g/mol. The molecule has 2 heteroatoms. The fourth-order valence-corrected chi connectivity index (χ4v) is 3.58. The summed E-state index contributed by atoms with van der Waals surface area (Å²) >= 11 is 0. The standard InChI is InChI=1S/C16H24O2/c1-10-5-7-13-11(2)6-8-14(15(13)9-10)12(3)16(17)18-4/h9-11,13-14H,3,5-8H2,1-2,4H3/t10?,11-,13?,14?/m1/s1. The van der Waals surface area contributed by atoms with Crippen molar-refractivity contribution in [2.24, 2.45) is 23.7 Å². The Balaban J connectivity index is 2.25. The highest BCUT2D eigenvalue weighted by molar-refractivity contribution is 5.88. The minimum absolute atomic E-state index is 0.224. The van der Waals surface area contributed by atoms with Crippen molar-refractivity contribution in [2.75, 3.05) is 7.11 Å². The summed E-state index contributed by atoms with van der Waals surface area (Å²) in [6.45, 7) is 8.58. The Morgan fingerprint density at radius 3 is 2.67 bits per heavy atom. The van der Waals surface area contributed by atoms with Crippen molar-refractivity contribution in [3.8, 4) is 0 Å². The summed E-state index contributed by atoms with van der Waals surface area (Å²) in [6, 6.07) is 0. The van der Waals surface area contributed by atoms with E-state index in [0.29, 0.717) is 17.4 Å². The van der Waals surface area contributed by atoms with Gasteiger partial charge >= 0.3 is 5.97 Å². The van der Waals surface area contributed by atoms with Crippen molar-refractivity contribution >= 4 is 5.97 Å². The molecule has 0 heterocycles. The second-order valence-corrected chi connectivity index (χ2v) is 5.95. The van der Waals surface area contributed by atoms with Gasteiger partial charge in [-0.2, -0.15) is 0 Å². The van der Waals surface area contributed by atoms with E-state index in [4.69, 9.17) is 4.74 Å². The molecule has 18 heavy (non-hydrogen) atoms. The summed E-state index contributed by atoms with van der Waals surface area (Å²) in [7, 11) is 1.44. The molecule has 0 spiro atoms. The highest BCUT2D eigenvalue weighted by atomic mass is 16.5. The van der Waals surface area contributed by atoms with Gasteiger partial charge in [0.2, 0.25) is 0 Å². The van der Waals surface area contributed by atoms with E-state index in [1.165, 1.54) is 31.9 Å². The van der Waals surface area contributed by atoms with Gasteiger partial charge in [-0.25, -0.2) is 4.79 Å². The molecule has 2 aliphatic rings. The summed E-state index contributed by atoms with van der Waals surface area (Å²) in [5, 5.41) is 0. The first-order chi connectivity index (χ1) is 8.54. The van der Waals surface area contributed by atoms with Crippen LogP contribution >= 0.6 is 0 Å². The summed E-state index contributed by atoms with van der Waals surface area (Å²) in [5.41, 5.74) is 2.11. The summed E-state index contributed by atoms with van der Waals surface area (Å²) < 4.78 is 4.83. The van der Waals surface area contributed by atoms with E-state index in [-0.39, 0.29) is 11.9 Å². The highest BCUT2D eigenvalue weighted by Gasteiger charge is 2.37. The first-order valence-corrected chi connectivity index (χ1v) is 7.03. The van der Waals surface area contributed by atoms with E-state index in [1.807, 2.05) is 0 Å². The zero-order valence-electron chi connectivity index (χ0n) is 11.7. The van der Waals surface area contributed by atoms with Gasteiger partial charge in [-0.1, -0.05) is 32.1 Å². The first-order valence-electron chi connectivity index (χ1n) is 7.03. The minimum atomic E-state index is -0.243. The van der Waals surface area contributed by atoms with Crippen molar-refractivity contribution < 1.29 is 9.53 Å². The zero-order valence-corrected chi connectivity index (χ0v) is 11.7. The Kier molecular flexibility index (Phi) is 3.94. The molecule has 1 fully saturated rings. The van der Waals surface area contributed by atoms with E-state index in [0.717, 1.165) is 12.3 Å². The van der Waals surface area contributed by atoms with E-state index in [2.05, 4.69) is 26.5 Å². The maximum Gasteiger partial charge on any atom is 0.333 e. The number of ether oxygens (including phenoxy) is 1. The van der Waals surface area contributed by atoms with Crippen LogP contribution in [-0.4, -0.2) is 13.1 Å². The molecule has 100 valence electrons. The van der Waals surface area contributed by atoms with Crippen LogP contribution in [0.4, 0.5) is 0 Å². The number of rotatable bonds is 2. The molecule has 0 aromatic rings. The van der Waals surface area contributed by atoms with Crippen LogP contribution in [0.1, 0.15) is 39.5 Å². The van der Waals surface area contributed by atoms with E-state index in [9.17, 15) is 4.79 Å². The summed E-state index contributed by atoms with van der Waals surface area (Å²) in [5.74, 6) is 2.01. The number of fused-ring (bicyclic) bond motifs is 1. The number of carbonyl (C=O) groups is 1. The molecule has 4 atom stereocenters. The molecular weight excluding hydrogens is 224 g/mol. The molecule has 0 aromatic carbocycles. The quantitative estimate of drug-likeness (QED) is 0.423. The molecule has 0 aromatic heterocycles. The SMILES string of the molecule is C=C(C(=O)OC)C1CC[C@@H](C)C2CCC(C)C=C12. The number of esters is 1. The van der Waals surface area contributed by atoms with Crippen LogP contribution < -0.4 is 0 Å². The largest absolute Gasteiger partial charge is 0.466 e. The summed E-state index contributed by atoms with van der Waals surface area (Å²) in [4.78, 5) is 11.7. The topological polar surface area (TPSA) is 26.3 Å². The number of carbonyl (C=O) groups excluding carboxylic acids is 1. The van der Waals surface area contributed by atoms with Crippen molar-refractivity contribution in [2.45, 2.75) is 39.5 Å². The predicted octanol–water partition coefficient (Wildman–Crippen LogP) is 3.73. The van der Waals surface area contributed by atoms with Gasteiger partial charge in [0.05, 0.1) is 7.11 Å². The van der Waals surface area contributed by atoms with Gasteiger partial charge in [-0.05, 0) is 43.4 Å². The predicted molar refractivity (Wildman–Crippen MR) is 73.0 cm³/mol. The van der Waals surface area contributed by atoms with Gasteiger partial charge in [-0.3, -0.25) is 0 Å². The molecule has 3 unspecified atom stereocenters. The fourth-order valence-electron chi connectivity index (χ4n) is 3.58. The second kappa shape index (κ2) is 5.29. The lowest BCUT2D eigenvalue weighted by molar-refractivity contribution is -0.136. The average Bonchev–Trinajstić information content (AvgIpc) is 2.37. The van der Waals surface area contributed by atoms with Crippen molar-refractivity contribution in [1.29, 1.82) is 0 Å². The number of methoxy groups -OCH3 is 1. The van der Waals surface area contributed by atoms with Crippen LogP contribution in [0, 0.1) is 23.7 Å². The molecule has 0 amide bonds. The fraction of sp³-hybridized carbons (Fsp3) is 0.688. The maximum absolute atomic E-state index is 11.7. The van der Waals surface area contributed by atoms with E-state index in [1.54, 1.807) is 0 Å². The van der Waals surface area contributed by atoms with Gasteiger partial charge in [-0.15, -0.1) is 0 Å². The Bertz CT molecular complexity index is 381. The lowest BCUT2D eigenvalue weighted by atomic mass is 9.64. The Morgan fingerprint density at radius 2 is 2.00 bits per heavy atom. The molecule has 2 rings (SSSR count). The average molecular weight is 248 g/mol. The highest BCUT2D eigenvalue weighted by Crippen LogP contribution is 2.46. The van der Waals surface area contributed by atoms with Crippen LogP contribution in [-0.2, 0) is 9.53 Å². The molecule has 1 saturated carbocycles. The van der Waals surface area contributed by atoms with Crippen molar-refractivity contribution in [3.63, 3.8) is 0 Å². The third kappa shape index (κ3) is 2.38. The Labute approximate surface area is 110 Å². The van der Waals surface area contributed by atoms with Crippen LogP contribution in [0.3, 0.4) is 0 Å². The lowest BCUT2D eigenvalue weighted by Gasteiger charge is -2.41. The first kappa shape index (κ1) is 13.4. The number of allylic oxidation sites excluding steroid dienone is 2. The third-order valence-corrected chi connectivity index (χ3v) is 4.71. The molecule has 0 radical (unpaired) electrons. The van der Waals surface area contributed by atoms with Crippen LogP contribution in [0.2, 0.25) is 0 Å². The minimum Gasteiger partial charge on any atom is -0.466 e. The molecule has 0 saturated heterocycles. The molecule has 2 nitrogen and oxygen atoms in total. The Morgan fingerprint density at radius 1 is 1.28 bits per heavy atom. The number of hydrogen-bond donors (Lipinski definition) is 0.